The Labute approximate surface area is 203 Å². The van der Waals surface area contributed by atoms with Crippen molar-refractivity contribution in [3.8, 4) is 11.3 Å². The van der Waals surface area contributed by atoms with Crippen molar-refractivity contribution in [2.75, 3.05) is 18.0 Å². The van der Waals surface area contributed by atoms with Gasteiger partial charge in [0.1, 0.15) is 5.69 Å². The van der Waals surface area contributed by atoms with Gasteiger partial charge in [-0.25, -0.2) is 4.98 Å². The second-order valence-corrected chi connectivity index (χ2v) is 9.35. The Hall–Kier alpha value is -4.00. The molecule has 0 spiro atoms. The van der Waals surface area contributed by atoms with E-state index in [-0.39, 0.29) is 11.5 Å². The highest BCUT2D eigenvalue weighted by Gasteiger charge is 2.26. The molecule has 0 unspecified atom stereocenters. The van der Waals surface area contributed by atoms with Gasteiger partial charge in [-0.2, -0.15) is 4.52 Å². The molecule has 1 N–H and O–H groups in total. The quantitative estimate of drug-likeness (QED) is 0.401. The van der Waals surface area contributed by atoms with Gasteiger partial charge in [0.05, 0.1) is 16.7 Å². The second kappa shape index (κ2) is 8.65. The molecule has 1 fully saturated rings. The van der Waals surface area contributed by atoms with E-state index in [1.54, 1.807) is 16.9 Å². The molecule has 0 bridgehead atoms. The van der Waals surface area contributed by atoms with E-state index in [4.69, 9.17) is 4.98 Å². The Morgan fingerprint density at radius 2 is 1.69 bits per heavy atom. The third-order valence-electron chi connectivity index (χ3n) is 7.14. The number of hydrogen-bond donors (Lipinski definition) is 1. The SMILES string of the molecule is Cc1nc2c(N3CCCCC3)c(-c3ccccc3)[nH]n2c(=O)c1[C@@H](C)c1ccc2nccnc2c1. The standard InChI is InChI=1S/C28H28N6O/c1-18(21-11-12-22-23(17-21)30-14-13-29-22)24-19(2)31-27-26(33-15-7-4-8-16-33)25(32-34(27)28(24)35)20-9-5-3-6-10-20/h3,5-6,9-14,17-18,32H,4,7-8,15-16H2,1-2H3/t18-/m0/s1. The lowest BCUT2D eigenvalue weighted by atomic mass is 9.92. The molecule has 1 aliphatic heterocycles. The van der Waals surface area contributed by atoms with Gasteiger partial charge in [0.25, 0.3) is 5.56 Å². The Kier molecular flexibility index (Phi) is 5.32. The van der Waals surface area contributed by atoms with Crippen LogP contribution in [0.2, 0.25) is 0 Å². The first-order chi connectivity index (χ1) is 17.1. The number of aromatic amines is 1. The van der Waals surface area contributed by atoms with E-state index in [0.29, 0.717) is 11.2 Å². The van der Waals surface area contributed by atoms with Gasteiger partial charge in [-0.05, 0) is 43.9 Å². The third kappa shape index (κ3) is 3.67. The lowest BCUT2D eigenvalue weighted by molar-refractivity contribution is 0.579. The fraction of sp³-hybridized carbons (Fsp3) is 0.286. The van der Waals surface area contributed by atoms with E-state index in [9.17, 15) is 4.79 Å². The van der Waals surface area contributed by atoms with E-state index in [1.165, 1.54) is 6.42 Å². The van der Waals surface area contributed by atoms with Crippen molar-refractivity contribution >= 4 is 22.4 Å². The highest BCUT2D eigenvalue weighted by atomic mass is 16.1. The molecule has 4 heterocycles. The van der Waals surface area contributed by atoms with E-state index < -0.39 is 0 Å². The van der Waals surface area contributed by atoms with Crippen molar-refractivity contribution in [3.05, 3.63) is 88.1 Å². The topological polar surface area (TPSA) is 79.2 Å². The first-order valence-corrected chi connectivity index (χ1v) is 12.3. The van der Waals surface area contributed by atoms with Crippen LogP contribution in [0.3, 0.4) is 0 Å². The van der Waals surface area contributed by atoms with Crippen molar-refractivity contribution in [1.29, 1.82) is 0 Å². The summed E-state index contributed by atoms with van der Waals surface area (Å²) < 4.78 is 1.64. The second-order valence-electron chi connectivity index (χ2n) is 9.35. The van der Waals surface area contributed by atoms with E-state index in [2.05, 4.69) is 39.0 Å². The molecule has 1 aliphatic rings. The Morgan fingerprint density at radius 1 is 0.943 bits per heavy atom. The maximum Gasteiger partial charge on any atom is 0.276 e. The van der Waals surface area contributed by atoms with Crippen molar-refractivity contribution in [1.82, 2.24) is 24.6 Å². The first kappa shape index (κ1) is 21.5. The van der Waals surface area contributed by atoms with Gasteiger partial charge in [-0.15, -0.1) is 0 Å². The summed E-state index contributed by atoms with van der Waals surface area (Å²) in [6.45, 7) is 5.95. The maximum atomic E-state index is 14.0. The fourth-order valence-corrected chi connectivity index (χ4v) is 5.32. The van der Waals surface area contributed by atoms with Gasteiger partial charge < -0.3 is 4.90 Å². The summed E-state index contributed by atoms with van der Waals surface area (Å²) >= 11 is 0. The molecular formula is C28H28N6O. The van der Waals surface area contributed by atoms with Crippen LogP contribution in [-0.4, -0.2) is 37.7 Å². The van der Waals surface area contributed by atoms with Gasteiger partial charge in [0, 0.05) is 48.2 Å². The Balaban J connectivity index is 1.54. The van der Waals surface area contributed by atoms with E-state index in [0.717, 1.165) is 65.2 Å². The number of anilines is 1. The molecule has 7 nitrogen and oxygen atoms in total. The van der Waals surface area contributed by atoms with Crippen molar-refractivity contribution < 1.29 is 0 Å². The van der Waals surface area contributed by atoms with Crippen LogP contribution in [0, 0.1) is 6.92 Å². The molecule has 0 saturated carbocycles. The molecule has 35 heavy (non-hydrogen) atoms. The molecule has 1 saturated heterocycles. The van der Waals surface area contributed by atoms with Crippen LogP contribution >= 0.6 is 0 Å². The average Bonchev–Trinajstić information content (AvgIpc) is 3.29. The van der Waals surface area contributed by atoms with Gasteiger partial charge in [0.15, 0.2) is 5.65 Å². The van der Waals surface area contributed by atoms with Gasteiger partial charge in [-0.3, -0.25) is 19.9 Å². The average molecular weight is 465 g/mol. The molecular weight excluding hydrogens is 436 g/mol. The molecule has 1 atom stereocenters. The summed E-state index contributed by atoms with van der Waals surface area (Å²) in [6.07, 6.45) is 6.92. The van der Waals surface area contributed by atoms with Crippen LogP contribution in [0.5, 0.6) is 0 Å². The van der Waals surface area contributed by atoms with Crippen LogP contribution in [0.15, 0.2) is 65.7 Å². The number of H-pyrrole nitrogens is 1. The molecule has 0 amide bonds. The van der Waals surface area contributed by atoms with Crippen LogP contribution < -0.4 is 10.5 Å². The zero-order chi connectivity index (χ0) is 23.9. The number of nitrogens with zero attached hydrogens (tertiary/aromatic N) is 5. The predicted molar refractivity (Wildman–Crippen MR) is 139 cm³/mol. The minimum atomic E-state index is -0.139. The number of piperidine rings is 1. The monoisotopic (exact) mass is 464 g/mol. The number of fused-ring (bicyclic) bond motifs is 2. The molecule has 5 aromatic rings. The lowest BCUT2D eigenvalue weighted by Gasteiger charge is -2.28. The first-order valence-electron chi connectivity index (χ1n) is 12.3. The van der Waals surface area contributed by atoms with Gasteiger partial charge in [-0.1, -0.05) is 43.3 Å². The number of aromatic nitrogens is 5. The Morgan fingerprint density at radius 3 is 2.46 bits per heavy atom. The van der Waals surface area contributed by atoms with Crippen LogP contribution in [0.1, 0.15) is 48.9 Å². The van der Waals surface area contributed by atoms with Crippen molar-refractivity contribution in [2.45, 2.75) is 39.0 Å². The summed E-state index contributed by atoms with van der Waals surface area (Å²) in [6, 6.07) is 16.2. The van der Waals surface area contributed by atoms with E-state index in [1.807, 2.05) is 43.3 Å². The summed E-state index contributed by atoms with van der Waals surface area (Å²) in [5, 5.41) is 3.43. The normalized spacial score (nSPS) is 15.1. The number of aryl methyl sites for hydroxylation is 1. The molecule has 2 aromatic carbocycles. The van der Waals surface area contributed by atoms with Crippen LogP contribution in [0.25, 0.3) is 27.9 Å². The van der Waals surface area contributed by atoms with Crippen molar-refractivity contribution in [2.24, 2.45) is 0 Å². The highest BCUT2D eigenvalue weighted by Crippen LogP contribution is 2.35. The summed E-state index contributed by atoms with van der Waals surface area (Å²) in [4.78, 5) is 30.2. The zero-order valence-corrected chi connectivity index (χ0v) is 20.0. The molecule has 0 radical (unpaired) electrons. The van der Waals surface area contributed by atoms with E-state index >= 15 is 0 Å². The van der Waals surface area contributed by atoms with Crippen LogP contribution in [0.4, 0.5) is 5.69 Å². The zero-order valence-electron chi connectivity index (χ0n) is 20.0. The maximum absolute atomic E-state index is 14.0. The molecule has 176 valence electrons. The number of rotatable bonds is 4. The predicted octanol–water partition coefficient (Wildman–Crippen LogP) is 5.08. The lowest BCUT2D eigenvalue weighted by Crippen LogP contribution is -2.30. The smallest absolute Gasteiger partial charge is 0.276 e. The van der Waals surface area contributed by atoms with Gasteiger partial charge >= 0.3 is 0 Å². The fourth-order valence-electron chi connectivity index (χ4n) is 5.32. The number of benzene rings is 2. The Bertz CT molecular complexity index is 1580. The molecule has 7 heteroatoms. The van der Waals surface area contributed by atoms with Gasteiger partial charge in [0.2, 0.25) is 0 Å². The molecule has 0 aliphatic carbocycles. The van der Waals surface area contributed by atoms with Crippen molar-refractivity contribution in [3.63, 3.8) is 0 Å². The van der Waals surface area contributed by atoms with Crippen LogP contribution in [-0.2, 0) is 0 Å². The molecule has 6 rings (SSSR count). The highest BCUT2D eigenvalue weighted by molar-refractivity contribution is 5.86. The number of hydrogen-bond acceptors (Lipinski definition) is 5. The largest absolute Gasteiger partial charge is 0.367 e. The summed E-state index contributed by atoms with van der Waals surface area (Å²) in [7, 11) is 0. The summed E-state index contributed by atoms with van der Waals surface area (Å²) in [5.74, 6) is -0.139. The molecule has 3 aromatic heterocycles. The minimum Gasteiger partial charge on any atom is -0.367 e. The third-order valence-corrected chi connectivity index (χ3v) is 7.14. The number of nitrogens with one attached hydrogen (secondary N) is 1. The summed E-state index contributed by atoms with van der Waals surface area (Å²) in [5.41, 5.74) is 7.81. The minimum absolute atomic E-state index is 0.0558.